The van der Waals surface area contributed by atoms with Crippen molar-refractivity contribution in [2.45, 2.75) is 51.5 Å². The maximum absolute atomic E-state index is 11.1. The molecule has 0 amide bonds. The molecule has 1 aliphatic heterocycles. The Morgan fingerprint density at radius 1 is 1.21 bits per heavy atom. The molecular weight excluding hydrogens is 174 g/mol. The summed E-state index contributed by atoms with van der Waals surface area (Å²) in [6, 6.07) is 0.737. The van der Waals surface area contributed by atoms with Crippen molar-refractivity contribution in [3.8, 4) is 0 Å². The van der Waals surface area contributed by atoms with E-state index >= 15 is 0 Å². The lowest BCUT2D eigenvalue weighted by Crippen LogP contribution is -2.37. The third-order valence-electron chi connectivity index (χ3n) is 3.78. The van der Waals surface area contributed by atoms with Crippen LogP contribution in [0.25, 0.3) is 0 Å². The van der Waals surface area contributed by atoms with Crippen LogP contribution in [0.15, 0.2) is 0 Å². The summed E-state index contributed by atoms with van der Waals surface area (Å²) < 4.78 is 0. The summed E-state index contributed by atoms with van der Waals surface area (Å²) in [6.45, 7) is 3.56. The first-order chi connectivity index (χ1) is 6.77. The van der Waals surface area contributed by atoms with E-state index in [9.17, 15) is 4.79 Å². The Labute approximate surface area is 86.7 Å². The van der Waals surface area contributed by atoms with E-state index < -0.39 is 0 Å². The first kappa shape index (κ1) is 10.2. The van der Waals surface area contributed by atoms with E-state index in [0.717, 1.165) is 18.5 Å². The Morgan fingerprint density at radius 2 is 1.93 bits per heavy atom. The summed E-state index contributed by atoms with van der Waals surface area (Å²) in [6.07, 6.45) is 8.26. The van der Waals surface area contributed by atoms with E-state index in [4.69, 9.17) is 0 Å². The maximum atomic E-state index is 11.1. The monoisotopic (exact) mass is 195 g/mol. The molecule has 1 aliphatic carbocycles. The SMILES string of the molecule is CC(=O)CN1CCCC1C1CCCC1. The van der Waals surface area contributed by atoms with Crippen molar-refractivity contribution in [1.82, 2.24) is 4.90 Å². The molecule has 80 valence electrons. The van der Waals surface area contributed by atoms with Crippen LogP contribution in [0.3, 0.4) is 0 Å². The predicted octanol–water partition coefficient (Wildman–Crippen LogP) is 2.23. The minimum atomic E-state index is 0.329. The highest BCUT2D eigenvalue weighted by molar-refractivity contribution is 5.77. The third kappa shape index (κ3) is 2.17. The van der Waals surface area contributed by atoms with Gasteiger partial charge in [0, 0.05) is 6.04 Å². The van der Waals surface area contributed by atoms with Gasteiger partial charge in [0.25, 0.3) is 0 Å². The first-order valence-electron chi connectivity index (χ1n) is 6.01. The lowest BCUT2D eigenvalue weighted by Gasteiger charge is -2.28. The van der Waals surface area contributed by atoms with E-state index in [0.29, 0.717) is 12.3 Å². The molecule has 14 heavy (non-hydrogen) atoms. The normalized spacial score (nSPS) is 29.9. The quantitative estimate of drug-likeness (QED) is 0.688. The fourth-order valence-corrected chi connectivity index (χ4v) is 3.21. The van der Waals surface area contributed by atoms with Crippen LogP contribution >= 0.6 is 0 Å². The molecule has 0 radical (unpaired) electrons. The van der Waals surface area contributed by atoms with Crippen molar-refractivity contribution in [2.24, 2.45) is 5.92 Å². The number of carbonyl (C=O) groups is 1. The van der Waals surface area contributed by atoms with Crippen LogP contribution in [0, 0.1) is 5.92 Å². The van der Waals surface area contributed by atoms with Gasteiger partial charge in [0.2, 0.25) is 0 Å². The number of ketones is 1. The van der Waals surface area contributed by atoms with Gasteiger partial charge in [-0.2, -0.15) is 0 Å². The molecule has 0 spiro atoms. The molecule has 0 N–H and O–H groups in total. The largest absolute Gasteiger partial charge is 0.299 e. The van der Waals surface area contributed by atoms with Crippen LogP contribution in [0.4, 0.5) is 0 Å². The second-order valence-electron chi connectivity index (χ2n) is 4.93. The Balaban J connectivity index is 1.92. The van der Waals surface area contributed by atoms with Crippen molar-refractivity contribution in [1.29, 1.82) is 0 Å². The van der Waals surface area contributed by atoms with Gasteiger partial charge in [0.05, 0.1) is 6.54 Å². The van der Waals surface area contributed by atoms with Gasteiger partial charge in [-0.05, 0) is 45.1 Å². The summed E-state index contributed by atoms with van der Waals surface area (Å²) in [5, 5.41) is 0. The predicted molar refractivity (Wildman–Crippen MR) is 57.2 cm³/mol. The molecular formula is C12H21NO. The molecule has 1 saturated heterocycles. The molecule has 0 aromatic rings. The lowest BCUT2D eigenvalue weighted by atomic mass is 9.96. The topological polar surface area (TPSA) is 20.3 Å². The zero-order chi connectivity index (χ0) is 9.97. The highest BCUT2D eigenvalue weighted by atomic mass is 16.1. The lowest BCUT2D eigenvalue weighted by molar-refractivity contribution is -0.118. The Kier molecular flexibility index (Phi) is 3.22. The number of likely N-dealkylation sites (tertiary alicyclic amines) is 1. The smallest absolute Gasteiger partial charge is 0.143 e. The fraction of sp³-hybridized carbons (Fsp3) is 0.917. The van der Waals surface area contributed by atoms with E-state index in [1.807, 2.05) is 0 Å². The molecule has 1 unspecified atom stereocenters. The van der Waals surface area contributed by atoms with Crippen LogP contribution in [0.2, 0.25) is 0 Å². The summed E-state index contributed by atoms with van der Waals surface area (Å²) in [7, 11) is 0. The van der Waals surface area contributed by atoms with Crippen molar-refractivity contribution < 1.29 is 4.79 Å². The Bertz CT molecular complexity index is 208. The van der Waals surface area contributed by atoms with Gasteiger partial charge in [-0.15, -0.1) is 0 Å². The van der Waals surface area contributed by atoms with E-state index in [2.05, 4.69) is 4.90 Å². The fourth-order valence-electron chi connectivity index (χ4n) is 3.21. The highest BCUT2D eigenvalue weighted by Gasteiger charge is 2.33. The molecule has 0 bridgehead atoms. The maximum Gasteiger partial charge on any atom is 0.143 e. The standard InChI is InChI=1S/C12H21NO/c1-10(14)9-13-8-4-7-12(13)11-5-2-3-6-11/h11-12H,2-9H2,1H3. The molecule has 0 aromatic carbocycles. The molecule has 0 aromatic heterocycles. The summed E-state index contributed by atoms with van der Waals surface area (Å²) >= 11 is 0. The summed E-state index contributed by atoms with van der Waals surface area (Å²) in [4.78, 5) is 13.5. The highest BCUT2D eigenvalue weighted by Crippen LogP contribution is 2.35. The molecule has 2 aliphatic rings. The summed E-state index contributed by atoms with van der Waals surface area (Å²) in [5.41, 5.74) is 0. The average molecular weight is 195 g/mol. The Hall–Kier alpha value is -0.370. The summed E-state index contributed by atoms with van der Waals surface area (Å²) in [5.74, 6) is 1.23. The van der Waals surface area contributed by atoms with Crippen LogP contribution in [0.1, 0.15) is 45.4 Å². The van der Waals surface area contributed by atoms with Gasteiger partial charge in [-0.1, -0.05) is 12.8 Å². The number of nitrogens with zero attached hydrogens (tertiary/aromatic N) is 1. The van der Waals surface area contributed by atoms with Gasteiger partial charge in [-0.25, -0.2) is 0 Å². The van der Waals surface area contributed by atoms with Crippen molar-refractivity contribution >= 4 is 5.78 Å². The second-order valence-corrected chi connectivity index (χ2v) is 4.93. The zero-order valence-corrected chi connectivity index (χ0v) is 9.17. The van der Waals surface area contributed by atoms with Crippen molar-refractivity contribution in [3.05, 3.63) is 0 Å². The molecule has 2 heteroatoms. The Morgan fingerprint density at radius 3 is 2.57 bits per heavy atom. The zero-order valence-electron chi connectivity index (χ0n) is 9.17. The molecule has 1 atom stereocenters. The van der Waals surface area contributed by atoms with Crippen LogP contribution in [-0.2, 0) is 4.79 Å². The van der Waals surface area contributed by atoms with Crippen LogP contribution in [0.5, 0.6) is 0 Å². The van der Waals surface area contributed by atoms with E-state index in [1.165, 1.54) is 38.5 Å². The van der Waals surface area contributed by atoms with Crippen molar-refractivity contribution in [3.63, 3.8) is 0 Å². The van der Waals surface area contributed by atoms with Crippen LogP contribution in [-0.4, -0.2) is 29.8 Å². The van der Waals surface area contributed by atoms with Gasteiger partial charge >= 0.3 is 0 Å². The van der Waals surface area contributed by atoms with Crippen molar-refractivity contribution in [2.75, 3.05) is 13.1 Å². The molecule has 1 heterocycles. The second kappa shape index (κ2) is 4.43. The van der Waals surface area contributed by atoms with Gasteiger partial charge in [0.1, 0.15) is 5.78 Å². The number of Topliss-reactive ketones (excluding diaryl/α,β-unsaturated/α-hetero) is 1. The van der Waals surface area contributed by atoms with E-state index in [1.54, 1.807) is 6.92 Å². The number of hydrogen-bond donors (Lipinski definition) is 0. The van der Waals surface area contributed by atoms with E-state index in [-0.39, 0.29) is 0 Å². The number of hydrogen-bond acceptors (Lipinski definition) is 2. The van der Waals surface area contributed by atoms with Gasteiger partial charge in [0.15, 0.2) is 0 Å². The molecule has 2 fully saturated rings. The first-order valence-corrected chi connectivity index (χ1v) is 6.01. The average Bonchev–Trinajstić information content (AvgIpc) is 2.70. The van der Waals surface area contributed by atoms with Crippen LogP contribution < -0.4 is 0 Å². The van der Waals surface area contributed by atoms with Gasteiger partial charge < -0.3 is 0 Å². The molecule has 2 rings (SSSR count). The number of rotatable bonds is 3. The van der Waals surface area contributed by atoms with Gasteiger partial charge in [-0.3, -0.25) is 9.69 Å². The minimum absolute atomic E-state index is 0.329. The minimum Gasteiger partial charge on any atom is -0.299 e. The third-order valence-corrected chi connectivity index (χ3v) is 3.78. The molecule has 1 saturated carbocycles. The molecule has 2 nitrogen and oxygen atoms in total. The number of carbonyl (C=O) groups excluding carboxylic acids is 1.